The normalized spacial score (nSPS) is 22.6. The fourth-order valence-corrected chi connectivity index (χ4v) is 2.91. The van der Waals surface area contributed by atoms with Gasteiger partial charge >= 0.3 is 5.97 Å². The molecule has 1 aliphatic rings. The molecule has 1 unspecified atom stereocenters. The minimum absolute atomic E-state index is 0.262. The summed E-state index contributed by atoms with van der Waals surface area (Å²) in [4.78, 5) is 13.4. The maximum Gasteiger partial charge on any atom is 0.324 e. The lowest BCUT2D eigenvalue weighted by Crippen LogP contribution is -2.49. The van der Waals surface area contributed by atoms with Crippen molar-refractivity contribution in [3.05, 3.63) is 35.1 Å². The van der Waals surface area contributed by atoms with Crippen LogP contribution in [0, 0.1) is 17.1 Å². The van der Waals surface area contributed by atoms with Gasteiger partial charge in [-0.15, -0.1) is 0 Å². The third-order valence-corrected chi connectivity index (χ3v) is 4.15. The van der Waals surface area contributed by atoms with Crippen LogP contribution in [0.5, 0.6) is 0 Å². The lowest BCUT2D eigenvalue weighted by atomic mass is 9.92. The molecule has 0 saturated carbocycles. The molecule has 1 aromatic rings. The average molecular weight is 276 g/mol. The summed E-state index contributed by atoms with van der Waals surface area (Å²) in [6.45, 7) is 2.76. The van der Waals surface area contributed by atoms with Gasteiger partial charge in [-0.05, 0) is 37.9 Å². The first-order chi connectivity index (χ1) is 9.53. The smallest absolute Gasteiger partial charge is 0.324 e. The van der Waals surface area contributed by atoms with Gasteiger partial charge in [-0.2, -0.15) is 5.26 Å². The molecule has 20 heavy (non-hydrogen) atoms. The molecule has 4 nitrogen and oxygen atoms in total. The van der Waals surface area contributed by atoms with Crippen molar-refractivity contribution in [3.8, 4) is 6.07 Å². The zero-order valence-corrected chi connectivity index (χ0v) is 11.4. The van der Waals surface area contributed by atoms with E-state index in [4.69, 9.17) is 5.26 Å². The van der Waals surface area contributed by atoms with E-state index < -0.39 is 17.3 Å². The molecule has 0 aliphatic carbocycles. The Hall–Kier alpha value is -1.93. The number of benzene rings is 1. The summed E-state index contributed by atoms with van der Waals surface area (Å²) in [6, 6.07) is 6.20. The van der Waals surface area contributed by atoms with E-state index in [2.05, 4.69) is 0 Å². The number of carbonyl (C=O) groups is 1. The minimum Gasteiger partial charge on any atom is -0.480 e. The van der Waals surface area contributed by atoms with Crippen LogP contribution in [-0.2, 0) is 11.3 Å². The molecule has 0 spiro atoms. The number of aliphatic carboxylic acids is 1. The largest absolute Gasteiger partial charge is 0.480 e. The van der Waals surface area contributed by atoms with E-state index in [9.17, 15) is 14.3 Å². The van der Waals surface area contributed by atoms with Gasteiger partial charge in [-0.25, -0.2) is 4.39 Å². The third kappa shape index (κ3) is 2.39. The molecule has 1 atom stereocenters. The molecule has 1 saturated heterocycles. The zero-order chi connectivity index (χ0) is 14.8. The van der Waals surface area contributed by atoms with E-state index in [1.54, 1.807) is 12.1 Å². The number of nitrogens with zero attached hydrogens (tertiary/aromatic N) is 2. The van der Waals surface area contributed by atoms with Crippen LogP contribution in [-0.4, -0.2) is 28.1 Å². The second-order valence-corrected chi connectivity index (χ2v) is 5.13. The standard InChI is InChI=1S/C15H17FN2O2/c1-2-15(14(19)20)6-3-7-18(15)10-12-5-4-11(9-17)8-13(12)16/h4-5,8H,2-3,6-7,10H2,1H3,(H,19,20). The van der Waals surface area contributed by atoms with E-state index in [1.807, 2.05) is 17.9 Å². The van der Waals surface area contributed by atoms with Gasteiger partial charge in [0.15, 0.2) is 0 Å². The van der Waals surface area contributed by atoms with Crippen molar-refractivity contribution in [2.75, 3.05) is 6.54 Å². The van der Waals surface area contributed by atoms with Gasteiger partial charge < -0.3 is 5.11 Å². The molecule has 5 heteroatoms. The molecule has 0 radical (unpaired) electrons. The first kappa shape index (κ1) is 14.5. The molecule has 106 valence electrons. The maximum atomic E-state index is 13.9. The van der Waals surface area contributed by atoms with E-state index in [1.165, 1.54) is 6.07 Å². The number of nitriles is 1. The van der Waals surface area contributed by atoms with Gasteiger partial charge in [0, 0.05) is 12.1 Å². The highest BCUT2D eigenvalue weighted by molar-refractivity contribution is 5.79. The molecule has 1 N–H and O–H groups in total. The van der Waals surface area contributed by atoms with Crippen molar-refractivity contribution in [2.24, 2.45) is 0 Å². The van der Waals surface area contributed by atoms with Crippen LogP contribution in [0.3, 0.4) is 0 Å². The Morgan fingerprint density at radius 3 is 2.90 bits per heavy atom. The highest BCUT2D eigenvalue weighted by Crippen LogP contribution is 2.34. The Kier molecular flexibility index (Phi) is 4.05. The molecule has 0 amide bonds. The monoisotopic (exact) mass is 276 g/mol. The van der Waals surface area contributed by atoms with E-state index >= 15 is 0 Å². The predicted molar refractivity (Wildman–Crippen MR) is 71.4 cm³/mol. The van der Waals surface area contributed by atoms with Crippen molar-refractivity contribution >= 4 is 5.97 Å². The molecule has 2 rings (SSSR count). The van der Waals surface area contributed by atoms with Crippen molar-refractivity contribution in [3.63, 3.8) is 0 Å². The van der Waals surface area contributed by atoms with E-state index in [0.29, 0.717) is 24.9 Å². The average Bonchev–Trinajstić information content (AvgIpc) is 2.85. The molecule has 1 aliphatic heterocycles. The summed E-state index contributed by atoms with van der Waals surface area (Å²) in [7, 11) is 0. The Bertz CT molecular complexity index is 567. The Balaban J connectivity index is 2.25. The molecule has 1 heterocycles. The van der Waals surface area contributed by atoms with Gasteiger partial charge in [-0.1, -0.05) is 13.0 Å². The van der Waals surface area contributed by atoms with Crippen molar-refractivity contribution in [1.82, 2.24) is 4.90 Å². The number of likely N-dealkylation sites (tertiary alicyclic amines) is 1. The molecule has 0 aromatic heterocycles. The summed E-state index contributed by atoms with van der Waals surface area (Å²) in [5.41, 5.74) is -0.182. The number of carboxylic acids is 1. The Morgan fingerprint density at radius 2 is 2.35 bits per heavy atom. The number of halogens is 1. The fraction of sp³-hybridized carbons (Fsp3) is 0.467. The molecule has 1 aromatic carbocycles. The topological polar surface area (TPSA) is 64.3 Å². The number of hydrogen-bond donors (Lipinski definition) is 1. The SMILES string of the molecule is CCC1(C(=O)O)CCCN1Cc1ccc(C#N)cc1F. The molecular formula is C15H17FN2O2. The van der Waals surface area contributed by atoms with E-state index in [0.717, 1.165) is 6.42 Å². The highest BCUT2D eigenvalue weighted by Gasteiger charge is 2.46. The third-order valence-electron chi connectivity index (χ3n) is 4.15. The van der Waals surface area contributed by atoms with Crippen LogP contribution in [0.15, 0.2) is 18.2 Å². The Morgan fingerprint density at radius 1 is 1.60 bits per heavy atom. The van der Waals surface area contributed by atoms with Crippen LogP contribution in [0.1, 0.15) is 37.3 Å². The van der Waals surface area contributed by atoms with E-state index in [-0.39, 0.29) is 12.1 Å². The highest BCUT2D eigenvalue weighted by atomic mass is 19.1. The van der Waals surface area contributed by atoms with Crippen LogP contribution >= 0.6 is 0 Å². The summed E-state index contributed by atoms with van der Waals surface area (Å²) >= 11 is 0. The number of rotatable bonds is 4. The van der Waals surface area contributed by atoms with Gasteiger partial charge in [0.2, 0.25) is 0 Å². The van der Waals surface area contributed by atoms with Crippen LogP contribution in [0.2, 0.25) is 0 Å². The summed E-state index contributed by atoms with van der Waals surface area (Å²) in [5.74, 6) is -1.29. The zero-order valence-electron chi connectivity index (χ0n) is 11.4. The predicted octanol–water partition coefficient (Wildman–Crippen LogP) is 2.53. The quantitative estimate of drug-likeness (QED) is 0.917. The summed E-state index contributed by atoms with van der Waals surface area (Å²) < 4.78 is 13.9. The first-order valence-electron chi connectivity index (χ1n) is 6.70. The minimum atomic E-state index is -0.889. The van der Waals surface area contributed by atoms with Crippen molar-refractivity contribution in [1.29, 1.82) is 5.26 Å². The maximum absolute atomic E-state index is 13.9. The summed E-state index contributed by atoms with van der Waals surface area (Å²) in [5, 5.41) is 18.2. The molecule has 1 fully saturated rings. The molecule has 0 bridgehead atoms. The number of carboxylic acid groups (broad SMARTS) is 1. The second-order valence-electron chi connectivity index (χ2n) is 5.13. The summed E-state index contributed by atoms with van der Waals surface area (Å²) in [6.07, 6.45) is 1.90. The van der Waals surface area contributed by atoms with Crippen LogP contribution < -0.4 is 0 Å². The Labute approximate surface area is 117 Å². The van der Waals surface area contributed by atoms with Crippen LogP contribution in [0.4, 0.5) is 4.39 Å². The second kappa shape index (κ2) is 5.59. The lowest BCUT2D eigenvalue weighted by molar-refractivity contribution is -0.150. The van der Waals surface area contributed by atoms with Gasteiger partial charge in [0.25, 0.3) is 0 Å². The first-order valence-corrected chi connectivity index (χ1v) is 6.70. The van der Waals surface area contributed by atoms with Gasteiger partial charge in [0.1, 0.15) is 11.4 Å². The van der Waals surface area contributed by atoms with Gasteiger partial charge in [0.05, 0.1) is 11.6 Å². The number of hydrogen-bond acceptors (Lipinski definition) is 3. The van der Waals surface area contributed by atoms with Crippen molar-refractivity contribution < 1.29 is 14.3 Å². The van der Waals surface area contributed by atoms with Crippen molar-refractivity contribution in [2.45, 2.75) is 38.3 Å². The van der Waals surface area contributed by atoms with Crippen LogP contribution in [0.25, 0.3) is 0 Å². The fourth-order valence-electron chi connectivity index (χ4n) is 2.91. The van der Waals surface area contributed by atoms with Gasteiger partial charge in [-0.3, -0.25) is 9.69 Å². The lowest BCUT2D eigenvalue weighted by Gasteiger charge is -2.34. The molecular weight excluding hydrogens is 259 g/mol.